The number of hydrogen-bond donors (Lipinski definition) is 1. The third kappa shape index (κ3) is 1.83. The lowest BCUT2D eigenvalue weighted by molar-refractivity contribution is 0.0690. The molecule has 2 aromatic rings. The molecule has 0 amide bonds. The standard InChI is InChI=1S/C9H6FN3O2/c10-6-3-7(5-11-4-6)13-2-1-8(12-13)9(14)15/h1-5H,(H,14,15). The second-order valence-corrected chi connectivity index (χ2v) is 2.81. The number of carbonyl (C=O) groups is 1. The van der Waals surface area contributed by atoms with Crippen LogP contribution < -0.4 is 0 Å². The fourth-order valence-electron chi connectivity index (χ4n) is 1.11. The zero-order valence-corrected chi connectivity index (χ0v) is 7.46. The summed E-state index contributed by atoms with van der Waals surface area (Å²) in [6.07, 6.45) is 3.88. The van der Waals surface area contributed by atoms with Crippen molar-refractivity contribution in [2.24, 2.45) is 0 Å². The van der Waals surface area contributed by atoms with Crippen molar-refractivity contribution in [3.8, 4) is 5.69 Å². The Hall–Kier alpha value is -2.24. The molecule has 0 radical (unpaired) electrons. The van der Waals surface area contributed by atoms with Gasteiger partial charge in [0, 0.05) is 12.3 Å². The van der Waals surface area contributed by atoms with Gasteiger partial charge in [-0.3, -0.25) is 4.98 Å². The van der Waals surface area contributed by atoms with Gasteiger partial charge in [0.15, 0.2) is 5.69 Å². The largest absolute Gasteiger partial charge is 0.476 e. The molecule has 15 heavy (non-hydrogen) atoms. The first kappa shape index (κ1) is 9.32. The number of carboxylic acids is 1. The van der Waals surface area contributed by atoms with Gasteiger partial charge in [0.1, 0.15) is 5.82 Å². The molecule has 0 aliphatic rings. The van der Waals surface area contributed by atoms with E-state index in [0.29, 0.717) is 5.69 Å². The predicted molar refractivity (Wildman–Crippen MR) is 48.3 cm³/mol. The summed E-state index contributed by atoms with van der Waals surface area (Å²) in [5.41, 5.74) is 0.279. The van der Waals surface area contributed by atoms with E-state index in [2.05, 4.69) is 10.1 Å². The Kier molecular flexibility index (Phi) is 2.17. The average molecular weight is 207 g/mol. The summed E-state index contributed by atoms with van der Waals surface area (Å²) in [5, 5.41) is 12.4. The van der Waals surface area contributed by atoms with Crippen LogP contribution in [0.25, 0.3) is 5.69 Å². The highest BCUT2D eigenvalue weighted by Gasteiger charge is 2.07. The van der Waals surface area contributed by atoms with Gasteiger partial charge in [-0.05, 0) is 6.07 Å². The number of carboxylic acid groups (broad SMARTS) is 1. The van der Waals surface area contributed by atoms with E-state index in [4.69, 9.17) is 5.11 Å². The summed E-state index contributed by atoms with van der Waals surface area (Å²) in [5.74, 6) is -1.63. The minimum atomic E-state index is -1.13. The summed E-state index contributed by atoms with van der Waals surface area (Å²) in [7, 11) is 0. The van der Waals surface area contributed by atoms with Crippen molar-refractivity contribution in [1.29, 1.82) is 0 Å². The lowest BCUT2D eigenvalue weighted by Crippen LogP contribution is -2.01. The lowest BCUT2D eigenvalue weighted by Gasteiger charge is -1.99. The van der Waals surface area contributed by atoms with Crippen molar-refractivity contribution in [3.05, 3.63) is 42.2 Å². The second kappa shape index (κ2) is 3.49. The van der Waals surface area contributed by atoms with Crippen molar-refractivity contribution in [2.45, 2.75) is 0 Å². The van der Waals surface area contributed by atoms with Crippen LogP contribution in [0, 0.1) is 5.82 Å². The number of pyridine rings is 1. The van der Waals surface area contributed by atoms with Crippen LogP contribution in [0.1, 0.15) is 10.5 Å². The van der Waals surface area contributed by atoms with Gasteiger partial charge >= 0.3 is 5.97 Å². The van der Waals surface area contributed by atoms with Gasteiger partial charge in [0.25, 0.3) is 0 Å². The molecule has 2 rings (SSSR count). The molecule has 0 spiro atoms. The van der Waals surface area contributed by atoms with Crippen LogP contribution in [0.15, 0.2) is 30.7 Å². The summed E-state index contributed by atoms with van der Waals surface area (Å²) in [6.45, 7) is 0. The summed E-state index contributed by atoms with van der Waals surface area (Å²) in [6, 6.07) is 2.54. The maximum absolute atomic E-state index is 12.8. The first-order chi connectivity index (χ1) is 7.16. The highest BCUT2D eigenvalue weighted by molar-refractivity contribution is 5.85. The van der Waals surface area contributed by atoms with E-state index in [0.717, 1.165) is 6.20 Å². The maximum atomic E-state index is 12.8. The zero-order chi connectivity index (χ0) is 10.8. The summed E-state index contributed by atoms with van der Waals surface area (Å²) < 4.78 is 14.0. The molecule has 5 nitrogen and oxygen atoms in total. The first-order valence-corrected chi connectivity index (χ1v) is 4.07. The Balaban J connectivity index is 2.41. The molecule has 0 aliphatic heterocycles. The van der Waals surface area contributed by atoms with Crippen LogP contribution in [0.5, 0.6) is 0 Å². The smallest absolute Gasteiger partial charge is 0.356 e. The van der Waals surface area contributed by atoms with Crippen LogP contribution in [-0.4, -0.2) is 25.8 Å². The Bertz CT molecular complexity index is 510. The third-order valence-electron chi connectivity index (χ3n) is 1.76. The van der Waals surface area contributed by atoms with E-state index >= 15 is 0 Å². The molecule has 0 unspecified atom stereocenters. The van der Waals surface area contributed by atoms with Crippen LogP contribution >= 0.6 is 0 Å². The van der Waals surface area contributed by atoms with Crippen molar-refractivity contribution in [2.75, 3.05) is 0 Å². The molecule has 76 valence electrons. The quantitative estimate of drug-likeness (QED) is 0.800. The number of hydrogen-bond acceptors (Lipinski definition) is 3. The Morgan fingerprint density at radius 2 is 2.27 bits per heavy atom. The minimum Gasteiger partial charge on any atom is -0.476 e. The third-order valence-corrected chi connectivity index (χ3v) is 1.76. The highest BCUT2D eigenvalue weighted by atomic mass is 19.1. The van der Waals surface area contributed by atoms with E-state index in [9.17, 15) is 9.18 Å². The predicted octanol–water partition coefficient (Wildman–Crippen LogP) is 1.10. The minimum absolute atomic E-state index is 0.0979. The SMILES string of the molecule is O=C(O)c1ccn(-c2cncc(F)c2)n1. The van der Waals surface area contributed by atoms with Gasteiger partial charge in [-0.1, -0.05) is 0 Å². The normalized spacial score (nSPS) is 10.2. The van der Waals surface area contributed by atoms with Gasteiger partial charge in [0.2, 0.25) is 0 Å². The van der Waals surface area contributed by atoms with E-state index in [1.165, 1.54) is 29.2 Å². The molecule has 2 heterocycles. The highest BCUT2D eigenvalue weighted by Crippen LogP contribution is 2.07. The number of rotatable bonds is 2. The topological polar surface area (TPSA) is 68.0 Å². The van der Waals surface area contributed by atoms with Gasteiger partial charge in [0.05, 0.1) is 18.1 Å². The molecule has 0 saturated heterocycles. The summed E-state index contributed by atoms with van der Waals surface area (Å²) >= 11 is 0. The van der Waals surface area contributed by atoms with Gasteiger partial charge in [-0.2, -0.15) is 5.10 Å². The number of aromatic nitrogens is 3. The molecular formula is C9H6FN3O2. The second-order valence-electron chi connectivity index (χ2n) is 2.81. The molecule has 0 saturated carbocycles. The number of halogens is 1. The fraction of sp³-hybridized carbons (Fsp3) is 0. The van der Waals surface area contributed by atoms with Gasteiger partial charge in [-0.15, -0.1) is 0 Å². The maximum Gasteiger partial charge on any atom is 0.356 e. The molecular weight excluding hydrogens is 201 g/mol. The lowest BCUT2D eigenvalue weighted by atomic mass is 10.4. The zero-order valence-electron chi connectivity index (χ0n) is 7.46. The van der Waals surface area contributed by atoms with Crippen LogP contribution in [0.3, 0.4) is 0 Å². The Labute approximate surface area is 83.8 Å². The van der Waals surface area contributed by atoms with Crippen LogP contribution in [0.4, 0.5) is 4.39 Å². The Morgan fingerprint density at radius 3 is 2.87 bits per heavy atom. The van der Waals surface area contributed by atoms with Gasteiger partial charge < -0.3 is 5.11 Å². The van der Waals surface area contributed by atoms with Crippen molar-refractivity contribution < 1.29 is 14.3 Å². The molecule has 1 N–H and O–H groups in total. The number of nitrogens with zero attached hydrogens (tertiary/aromatic N) is 3. The van der Waals surface area contributed by atoms with E-state index in [1.807, 2.05) is 0 Å². The monoisotopic (exact) mass is 207 g/mol. The Morgan fingerprint density at radius 1 is 1.47 bits per heavy atom. The fourth-order valence-corrected chi connectivity index (χ4v) is 1.11. The van der Waals surface area contributed by atoms with E-state index < -0.39 is 11.8 Å². The van der Waals surface area contributed by atoms with Crippen molar-refractivity contribution in [3.63, 3.8) is 0 Å². The van der Waals surface area contributed by atoms with E-state index in [-0.39, 0.29) is 5.69 Å². The van der Waals surface area contributed by atoms with Crippen molar-refractivity contribution in [1.82, 2.24) is 14.8 Å². The molecule has 0 atom stereocenters. The average Bonchev–Trinajstić information content (AvgIpc) is 2.66. The molecule has 0 bridgehead atoms. The van der Waals surface area contributed by atoms with Crippen molar-refractivity contribution >= 4 is 5.97 Å². The molecule has 2 aromatic heterocycles. The summed E-state index contributed by atoms with van der Waals surface area (Å²) in [4.78, 5) is 14.2. The first-order valence-electron chi connectivity index (χ1n) is 4.07. The van der Waals surface area contributed by atoms with Crippen LogP contribution in [0.2, 0.25) is 0 Å². The molecule has 0 fully saturated rings. The molecule has 6 heteroatoms. The van der Waals surface area contributed by atoms with Crippen LogP contribution in [-0.2, 0) is 0 Å². The van der Waals surface area contributed by atoms with E-state index in [1.54, 1.807) is 0 Å². The van der Waals surface area contributed by atoms with Gasteiger partial charge in [-0.25, -0.2) is 13.9 Å². The number of aromatic carboxylic acids is 1. The molecule has 0 aliphatic carbocycles. The molecule has 0 aromatic carbocycles.